The molecule has 1 aromatic rings. The van der Waals surface area contributed by atoms with Gasteiger partial charge in [0.25, 0.3) is 0 Å². The molecule has 0 atom stereocenters. The summed E-state index contributed by atoms with van der Waals surface area (Å²) in [6.07, 6.45) is 0. The summed E-state index contributed by atoms with van der Waals surface area (Å²) in [6.45, 7) is 8.75. The standard InChI is InChI=1S/C14H20N2OS/c1-13(2,8-15)9-5-6-10-11(7-9)18-14(3,4)12(17)16-10/h5-7H,8,15H2,1-4H3,(H,16,17). The van der Waals surface area contributed by atoms with Crippen LogP contribution in [0.25, 0.3) is 0 Å². The van der Waals surface area contributed by atoms with Crippen molar-refractivity contribution in [2.24, 2.45) is 5.73 Å². The van der Waals surface area contributed by atoms with Crippen LogP contribution >= 0.6 is 11.8 Å². The van der Waals surface area contributed by atoms with E-state index in [1.165, 1.54) is 5.56 Å². The average Bonchev–Trinajstić information content (AvgIpc) is 2.29. The van der Waals surface area contributed by atoms with Crippen molar-refractivity contribution in [3.8, 4) is 0 Å². The molecule has 0 radical (unpaired) electrons. The third-order valence-electron chi connectivity index (χ3n) is 3.43. The number of hydrogen-bond donors (Lipinski definition) is 2. The lowest BCUT2D eigenvalue weighted by atomic mass is 9.85. The Morgan fingerprint density at radius 1 is 1.39 bits per heavy atom. The van der Waals surface area contributed by atoms with Gasteiger partial charge in [-0.2, -0.15) is 0 Å². The fourth-order valence-electron chi connectivity index (χ4n) is 1.84. The molecule has 0 saturated heterocycles. The van der Waals surface area contributed by atoms with Crippen molar-refractivity contribution in [2.45, 2.75) is 42.8 Å². The number of hydrogen-bond acceptors (Lipinski definition) is 3. The van der Waals surface area contributed by atoms with Gasteiger partial charge in [-0.25, -0.2) is 0 Å². The van der Waals surface area contributed by atoms with Crippen LogP contribution in [0.2, 0.25) is 0 Å². The highest BCUT2D eigenvalue weighted by molar-refractivity contribution is 8.01. The summed E-state index contributed by atoms with van der Waals surface area (Å²) in [6, 6.07) is 6.17. The highest BCUT2D eigenvalue weighted by Crippen LogP contribution is 2.43. The Morgan fingerprint density at radius 3 is 2.67 bits per heavy atom. The van der Waals surface area contributed by atoms with Crippen LogP contribution in [-0.2, 0) is 10.2 Å². The van der Waals surface area contributed by atoms with Crippen molar-refractivity contribution in [1.82, 2.24) is 0 Å². The fraction of sp³-hybridized carbons (Fsp3) is 0.500. The van der Waals surface area contributed by atoms with E-state index >= 15 is 0 Å². The van der Waals surface area contributed by atoms with Crippen molar-refractivity contribution in [3.05, 3.63) is 23.8 Å². The zero-order valence-electron chi connectivity index (χ0n) is 11.3. The second kappa shape index (κ2) is 4.28. The Morgan fingerprint density at radius 2 is 2.06 bits per heavy atom. The SMILES string of the molecule is CC1(C)Sc2cc(C(C)(C)CN)ccc2NC1=O. The van der Waals surface area contributed by atoms with Crippen LogP contribution in [0, 0.1) is 0 Å². The normalized spacial score (nSPS) is 18.2. The minimum Gasteiger partial charge on any atom is -0.330 e. The molecule has 0 fully saturated rings. The number of anilines is 1. The minimum atomic E-state index is -0.418. The third-order valence-corrected chi connectivity index (χ3v) is 4.69. The monoisotopic (exact) mass is 264 g/mol. The molecule has 0 aromatic heterocycles. The maximum atomic E-state index is 11.9. The maximum Gasteiger partial charge on any atom is 0.240 e. The molecule has 0 unspecified atom stereocenters. The molecule has 18 heavy (non-hydrogen) atoms. The van der Waals surface area contributed by atoms with Gasteiger partial charge in [-0.1, -0.05) is 19.9 Å². The van der Waals surface area contributed by atoms with Gasteiger partial charge in [0.15, 0.2) is 0 Å². The van der Waals surface area contributed by atoms with Crippen molar-refractivity contribution in [2.75, 3.05) is 11.9 Å². The van der Waals surface area contributed by atoms with Gasteiger partial charge >= 0.3 is 0 Å². The van der Waals surface area contributed by atoms with Gasteiger partial charge in [0.1, 0.15) is 0 Å². The first kappa shape index (κ1) is 13.4. The van der Waals surface area contributed by atoms with Crippen LogP contribution < -0.4 is 11.1 Å². The Hall–Kier alpha value is -1.00. The van der Waals surface area contributed by atoms with E-state index in [4.69, 9.17) is 5.73 Å². The molecule has 1 aliphatic rings. The number of fused-ring (bicyclic) bond motifs is 1. The summed E-state index contributed by atoms with van der Waals surface area (Å²) in [5, 5.41) is 2.96. The zero-order chi connectivity index (χ0) is 13.6. The summed E-state index contributed by atoms with van der Waals surface area (Å²) < 4.78 is -0.418. The lowest BCUT2D eigenvalue weighted by Crippen LogP contribution is -2.37. The predicted molar refractivity (Wildman–Crippen MR) is 77.1 cm³/mol. The minimum absolute atomic E-state index is 0.0405. The summed E-state index contributed by atoms with van der Waals surface area (Å²) in [4.78, 5) is 13.0. The van der Waals surface area contributed by atoms with E-state index in [0.717, 1.165) is 10.6 Å². The van der Waals surface area contributed by atoms with Crippen LogP contribution in [0.5, 0.6) is 0 Å². The number of nitrogens with one attached hydrogen (secondary N) is 1. The largest absolute Gasteiger partial charge is 0.330 e. The first-order chi connectivity index (χ1) is 8.26. The van der Waals surface area contributed by atoms with E-state index in [2.05, 4.69) is 25.2 Å². The average molecular weight is 264 g/mol. The van der Waals surface area contributed by atoms with Gasteiger partial charge in [0.2, 0.25) is 5.91 Å². The maximum absolute atomic E-state index is 11.9. The van der Waals surface area contributed by atoms with E-state index in [9.17, 15) is 4.79 Å². The van der Waals surface area contributed by atoms with Gasteiger partial charge in [0, 0.05) is 16.9 Å². The highest BCUT2D eigenvalue weighted by Gasteiger charge is 2.35. The summed E-state index contributed by atoms with van der Waals surface area (Å²) in [7, 11) is 0. The number of carbonyl (C=O) groups is 1. The summed E-state index contributed by atoms with van der Waals surface area (Å²) in [5.41, 5.74) is 7.89. The van der Waals surface area contributed by atoms with Crippen LogP contribution in [0.15, 0.2) is 23.1 Å². The third kappa shape index (κ3) is 2.27. The summed E-state index contributed by atoms with van der Waals surface area (Å²) in [5.74, 6) is 0.0610. The van der Waals surface area contributed by atoms with Gasteiger partial charge in [-0.3, -0.25) is 4.79 Å². The zero-order valence-corrected chi connectivity index (χ0v) is 12.1. The van der Waals surface area contributed by atoms with Crippen molar-refractivity contribution in [1.29, 1.82) is 0 Å². The van der Waals surface area contributed by atoms with E-state index in [0.29, 0.717) is 6.54 Å². The number of carbonyl (C=O) groups excluding carboxylic acids is 1. The number of rotatable bonds is 2. The molecule has 1 aromatic carbocycles. The molecule has 2 rings (SSSR count). The molecule has 0 saturated carbocycles. The van der Waals surface area contributed by atoms with E-state index in [-0.39, 0.29) is 11.3 Å². The van der Waals surface area contributed by atoms with Gasteiger partial charge in [-0.05, 0) is 31.5 Å². The fourth-order valence-corrected chi connectivity index (χ4v) is 2.95. The Bertz CT molecular complexity index is 495. The smallest absolute Gasteiger partial charge is 0.240 e. The van der Waals surface area contributed by atoms with Crippen LogP contribution in [-0.4, -0.2) is 17.2 Å². The second-order valence-corrected chi connectivity index (χ2v) is 7.53. The van der Waals surface area contributed by atoms with Gasteiger partial charge < -0.3 is 11.1 Å². The lowest BCUT2D eigenvalue weighted by molar-refractivity contribution is -0.117. The van der Waals surface area contributed by atoms with Gasteiger partial charge in [-0.15, -0.1) is 11.8 Å². The molecule has 1 aliphatic heterocycles. The first-order valence-electron chi connectivity index (χ1n) is 6.11. The number of amides is 1. The second-order valence-electron chi connectivity index (χ2n) is 5.87. The number of thioether (sulfide) groups is 1. The van der Waals surface area contributed by atoms with Crippen LogP contribution in [0.3, 0.4) is 0 Å². The first-order valence-corrected chi connectivity index (χ1v) is 6.93. The molecule has 1 heterocycles. The molecule has 3 N–H and O–H groups in total. The molecule has 98 valence electrons. The topological polar surface area (TPSA) is 55.1 Å². The van der Waals surface area contributed by atoms with Crippen molar-refractivity contribution < 1.29 is 4.79 Å². The highest BCUT2D eigenvalue weighted by atomic mass is 32.2. The van der Waals surface area contributed by atoms with Crippen LogP contribution in [0.4, 0.5) is 5.69 Å². The van der Waals surface area contributed by atoms with E-state index < -0.39 is 4.75 Å². The molecule has 4 heteroatoms. The Labute approximate surface area is 113 Å². The molecular formula is C14H20N2OS. The molecule has 0 spiro atoms. The molecule has 0 aliphatic carbocycles. The molecule has 1 amide bonds. The van der Waals surface area contributed by atoms with E-state index in [1.807, 2.05) is 26.0 Å². The van der Waals surface area contributed by atoms with E-state index in [1.54, 1.807) is 11.8 Å². The molecule has 3 nitrogen and oxygen atoms in total. The van der Waals surface area contributed by atoms with Crippen molar-refractivity contribution >= 4 is 23.4 Å². The Balaban J connectivity index is 2.43. The summed E-state index contributed by atoms with van der Waals surface area (Å²) >= 11 is 1.61. The molecular weight excluding hydrogens is 244 g/mol. The number of benzene rings is 1. The van der Waals surface area contributed by atoms with Crippen molar-refractivity contribution in [3.63, 3.8) is 0 Å². The van der Waals surface area contributed by atoms with Gasteiger partial charge in [0.05, 0.1) is 10.4 Å². The quantitative estimate of drug-likeness (QED) is 0.863. The predicted octanol–water partition coefficient (Wildman–Crippen LogP) is 2.75. The lowest BCUT2D eigenvalue weighted by Gasteiger charge is -2.31. The molecule has 0 bridgehead atoms. The number of nitrogens with two attached hydrogens (primary N) is 1. The Kier molecular flexibility index (Phi) is 3.19. The van der Waals surface area contributed by atoms with Crippen LogP contribution in [0.1, 0.15) is 33.3 Å².